The number of hydrogen-bond acceptors (Lipinski definition) is 12. The predicted octanol–water partition coefficient (Wildman–Crippen LogP) is 11.2. The van der Waals surface area contributed by atoms with Gasteiger partial charge in [0.05, 0.1) is 57.1 Å². The number of amides is 4. The van der Waals surface area contributed by atoms with Crippen LogP contribution < -0.4 is 30.7 Å². The number of benzene rings is 5. The molecular formula is C48H46Cl4N8O8. The Morgan fingerprint density at radius 1 is 0.544 bits per heavy atom. The molecule has 354 valence electrons. The minimum Gasteiger partial charge on any atom is -0.488 e. The van der Waals surface area contributed by atoms with Crippen LogP contribution in [0.3, 0.4) is 0 Å². The number of carbonyl (C=O) groups excluding carboxylic acids is 6. The van der Waals surface area contributed by atoms with Crippen LogP contribution in [-0.4, -0.2) is 72.3 Å². The highest BCUT2D eigenvalue weighted by molar-refractivity contribution is 6.35. The fraction of sp³-hybridized carbons (Fsp3) is 0.250. The molecule has 0 aliphatic carbocycles. The summed E-state index contributed by atoms with van der Waals surface area (Å²) in [5, 5.41) is 27.3. The van der Waals surface area contributed by atoms with Crippen LogP contribution in [0, 0.1) is 0 Å². The van der Waals surface area contributed by atoms with Crippen molar-refractivity contribution in [1.82, 2.24) is 0 Å². The maximum absolute atomic E-state index is 13.7. The molecular weight excluding hydrogens is 958 g/mol. The highest BCUT2D eigenvalue weighted by Crippen LogP contribution is 2.42. The highest BCUT2D eigenvalue weighted by Gasteiger charge is 2.29. The van der Waals surface area contributed by atoms with Crippen molar-refractivity contribution in [2.24, 2.45) is 20.5 Å². The van der Waals surface area contributed by atoms with E-state index < -0.39 is 47.3 Å². The van der Waals surface area contributed by atoms with E-state index in [9.17, 15) is 28.8 Å². The molecule has 68 heavy (non-hydrogen) atoms. The Bertz CT molecular complexity index is 2570. The number of rotatable bonds is 22. The van der Waals surface area contributed by atoms with Gasteiger partial charge in [0.2, 0.25) is 12.1 Å². The second-order valence-corrected chi connectivity index (χ2v) is 16.2. The summed E-state index contributed by atoms with van der Waals surface area (Å²) in [5.41, 5.74) is 3.43. The lowest BCUT2D eigenvalue weighted by molar-refractivity contribution is -0.127. The van der Waals surface area contributed by atoms with E-state index in [-0.39, 0.29) is 68.6 Å². The Morgan fingerprint density at radius 2 is 0.941 bits per heavy atom. The number of Topliss-reactive ketones (excluding diaryl/α,β-unsaturated/α-hetero) is 2. The van der Waals surface area contributed by atoms with Gasteiger partial charge in [0.25, 0.3) is 23.6 Å². The minimum absolute atomic E-state index is 0.0139. The monoisotopic (exact) mass is 1000 g/mol. The van der Waals surface area contributed by atoms with Crippen LogP contribution in [0.2, 0.25) is 10.0 Å². The first-order chi connectivity index (χ1) is 32.6. The van der Waals surface area contributed by atoms with Crippen molar-refractivity contribution in [3.63, 3.8) is 0 Å². The van der Waals surface area contributed by atoms with Gasteiger partial charge in [-0.05, 0) is 124 Å². The third kappa shape index (κ3) is 14.4. The van der Waals surface area contributed by atoms with Gasteiger partial charge in [0.15, 0.2) is 23.1 Å². The number of aryl methyl sites for hydroxylation is 2. The molecule has 0 saturated carbocycles. The van der Waals surface area contributed by atoms with Crippen LogP contribution in [0.5, 0.6) is 11.5 Å². The molecule has 0 bridgehead atoms. The second kappa shape index (κ2) is 25.4. The van der Waals surface area contributed by atoms with E-state index in [1.54, 1.807) is 50.2 Å². The van der Waals surface area contributed by atoms with Crippen molar-refractivity contribution in [1.29, 1.82) is 0 Å². The quantitative estimate of drug-likeness (QED) is 0.0296. The van der Waals surface area contributed by atoms with Crippen LogP contribution in [0.1, 0.15) is 59.5 Å². The van der Waals surface area contributed by atoms with Gasteiger partial charge in [0.1, 0.15) is 0 Å². The molecule has 5 rings (SSSR count). The molecule has 0 fully saturated rings. The number of nitrogens with one attached hydrogen (secondary N) is 4. The Balaban J connectivity index is 1.33. The average Bonchev–Trinajstić information content (AvgIpc) is 3.29. The molecule has 20 heteroatoms. The molecule has 5 aromatic rings. The predicted molar refractivity (Wildman–Crippen MR) is 265 cm³/mol. The summed E-state index contributed by atoms with van der Waals surface area (Å²) in [6, 6.07) is 22.4. The Kier molecular flexibility index (Phi) is 19.5. The third-order valence-electron chi connectivity index (χ3n) is 9.57. The van der Waals surface area contributed by atoms with Crippen LogP contribution >= 0.6 is 46.4 Å². The molecule has 4 N–H and O–H groups in total. The molecule has 4 amide bonds. The van der Waals surface area contributed by atoms with Gasteiger partial charge in [0, 0.05) is 23.1 Å². The number of ketones is 2. The molecule has 2 atom stereocenters. The first-order valence-corrected chi connectivity index (χ1v) is 22.9. The summed E-state index contributed by atoms with van der Waals surface area (Å²) < 4.78 is 11.8. The van der Waals surface area contributed by atoms with E-state index >= 15 is 0 Å². The largest absolute Gasteiger partial charge is 0.488 e. The smallest absolute Gasteiger partial charge is 0.258 e. The zero-order chi connectivity index (χ0) is 49.3. The maximum atomic E-state index is 13.7. The molecule has 0 radical (unpaired) electrons. The van der Waals surface area contributed by atoms with Gasteiger partial charge in [-0.3, -0.25) is 28.8 Å². The van der Waals surface area contributed by atoms with E-state index in [0.717, 1.165) is 25.0 Å². The zero-order valence-electron chi connectivity index (χ0n) is 37.2. The van der Waals surface area contributed by atoms with Gasteiger partial charge in [-0.25, -0.2) is 0 Å². The zero-order valence-corrected chi connectivity index (χ0v) is 40.2. The van der Waals surface area contributed by atoms with Gasteiger partial charge in [-0.2, -0.15) is 20.5 Å². The molecule has 0 heterocycles. The molecule has 0 saturated heterocycles. The average molecular weight is 1000 g/mol. The first kappa shape index (κ1) is 52.3. The van der Waals surface area contributed by atoms with Gasteiger partial charge < -0.3 is 30.7 Å². The van der Waals surface area contributed by atoms with Crippen molar-refractivity contribution in [2.45, 2.75) is 52.6 Å². The lowest BCUT2D eigenvalue weighted by Gasteiger charge is -2.20. The number of hydrogen-bond donors (Lipinski definition) is 4. The number of halogens is 4. The van der Waals surface area contributed by atoms with E-state index in [1.165, 1.54) is 48.5 Å². The maximum Gasteiger partial charge on any atom is 0.258 e. The summed E-state index contributed by atoms with van der Waals surface area (Å²) in [6.07, 6.45) is 1.23. The number of alkyl halides is 2. The van der Waals surface area contributed by atoms with Gasteiger partial charge >= 0.3 is 0 Å². The van der Waals surface area contributed by atoms with Crippen LogP contribution in [0.15, 0.2) is 118 Å². The van der Waals surface area contributed by atoms with Crippen molar-refractivity contribution in [3.05, 3.63) is 129 Å². The summed E-state index contributed by atoms with van der Waals surface area (Å²) >= 11 is 24.5. The molecule has 0 aromatic heterocycles. The lowest BCUT2D eigenvalue weighted by Crippen LogP contribution is -2.32. The van der Waals surface area contributed by atoms with Crippen molar-refractivity contribution < 1.29 is 38.2 Å². The fourth-order valence-corrected chi connectivity index (χ4v) is 7.19. The lowest BCUT2D eigenvalue weighted by atomic mass is 10.1. The highest BCUT2D eigenvalue weighted by atomic mass is 35.5. The number of carbonyl (C=O) groups is 6. The third-order valence-corrected chi connectivity index (χ3v) is 10.6. The van der Waals surface area contributed by atoms with Gasteiger partial charge in [-0.15, -0.1) is 23.2 Å². The van der Waals surface area contributed by atoms with E-state index in [0.29, 0.717) is 36.0 Å². The molecule has 0 aliphatic heterocycles. The van der Waals surface area contributed by atoms with E-state index in [4.69, 9.17) is 55.9 Å². The second-order valence-electron chi connectivity index (χ2n) is 14.6. The standard InChI is InChI=1S/C48H46Cl4N8O8/c1-5-67-43-39(55-47(65)41(27(3)61)59-57-33-13-15-37(51)35(25-33)45(63)53-31-11-7-9-29(23-31)19-21-49)17-18-40(44(43)68-6-2)56-48(66)42(28(4)62)60-58-34-14-16-38(52)36(26-34)46(64)54-32-12-8-10-30(24-32)20-22-50/h7-18,23-26,41-42H,5-6,19-22H2,1-4H3,(H,53,63)(H,54,64)(H,55,65)(H,56,66). The SMILES string of the molecule is CCOc1c(NC(=O)C(N=Nc2ccc(Cl)c(C(=O)Nc3cccc(CCCl)c3)c2)C(C)=O)ccc(NC(=O)C(N=Nc2ccc(Cl)c(C(=O)Nc3cccc(CCCl)c3)c2)C(C)=O)c1OCC. The summed E-state index contributed by atoms with van der Waals surface area (Å²) in [6.45, 7) is 5.83. The topological polar surface area (TPSA) is 218 Å². The van der Waals surface area contributed by atoms with Crippen molar-refractivity contribution in [3.8, 4) is 11.5 Å². The number of anilines is 4. The normalized spacial score (nSPS) is 12.0. The first-order valence-electron chi connectivity index (χ1n) is 21.0. The van der Waals surface area contributed by atoms with Crippen molar-refractivity contribution >= 4 is 116 Å². The van der Waals surface area contributed by atoms with Crippen LogP contribution in [0.4, 0.5) is 34.1 Å². The summed E-state index contributed by atoms with van der Waals surface area (Å²) in [5.74, 6) is -3.35. The number of azo groups is 2. The summed E-state index contributed by atoms with van der Waals surface area (Å²) in [4.78, 5) is 79.4. The fourth-order valence-electron chi connectivity index (χ4n) is 6.35. The molecule has 5 aromatic carbocycles. The Morgan fingerprint density at radius 3 is 1.29 bits per heavy atom. The van der Waals surface area contributed by atoms with E-state index in [2.05, 4.69) is 41.7 Å². The number of nitrogens with zero attached hydrogens (tertiary/aromatic N) is 4. The van der Waals surface area contributed by atoms with Gasteiger partial charge in [-0.1, -0.05) is 47.5 Å². The van der Waals surface area contributed by atoms with E-state index in [1.807, 2.05) is 12.1 Å². The molecule has 2 unspecified atom stereocenters. The molecule has 0 aliphatic rings. The Labute approximate surface area is 412 Å². The summed E-state index contributed by atoms with van der Waals surface area (Å²) in [7, 11) is 0. The van der Waals surface area contributed by atoms with Crippen LogP contribution in [0.25, 0.3) is 0 Å². The minimum atomic E-state index is -1.65. The van der Waals surface area contributed by atoms with Crippen molar-refractivity contribution in [2.75, 3.05) is 46.2 Å². The van der Waals surface area contributed by atoms with Crippen LogP contribution in [-0.2, 0) is 32.0 Å². The molecule has 16 nitrogen and oxygen atoms in total. The number of ether oxygens (including phenoxy) is 2. The Hall–Kier alpha value is -6.72. The molecule has 0 spiro atoms.